The van der Waals surface area contributed by atoms with E-state index in [0.717, 1.165) is 6.54 Å². The van der Waals surface area contributed by atoms with E-state index in [-0.39, 0.29) is 0 Å². The molecule has 0 saturated carbocycles. The summed E-state index contributed by atoms with van der Waals surface area (Å²) in [4.78, 5) is 3.11. The Morgan fingerprint density at radius 1 is 1.60 bits per heavy atom. The lowest BCUT2D eigenvalue weighted by Gasteiger charge is -2.03. The third-order valence-corrected chi connectivity index (χ3v) is 2.35. The molecule has 1 unspecified atom stereocenters. The van der Waals surface area contributed by atoms with E-state index in [1.807, 2.05) is 0 Å². The van der Waals surface area contributed by atoms with Crippen LogP contribution in [0, 0.1) is 0 Å². The highest BCUT2D eigenvalue weighted by atomic mass is 14.7. The minimum Gasteiger partial charge on any atom is -0.367 e. The van der Waals surface area contributed by atoms with Crippen LogP contribution in [0.1, 0.15) is 23.5 Å². The second-order valence-electron chi connectivity index (χ2n) is 2.91. The van der Waals surface area contributed by atoms with Crippen LogP contribution in [-0.2, 0) is 6.42 Å². The maximum atomic E-state index is 5.59. The molecule has 1 aliphatic rings. The Kier molecular flexibility index (Phi) is 1.27. The Bertz CT molecular complexity index is 227. The van der Waals surface area contributed by atoms with E-state index >= 15 is 0 Å². The number of rotatable bonds is 1. The molecule has 3 N–H and O–H groups in total. The zero-order valence-electron chi connectivity index (χ0n) is 5.93. The molecule has 0 aliphatic heterocycles. The lowest BCUT2D eigenvalue weighted by molar-refractivity contribution is 0.685. The molecular formula is C8H12N2. The molecule has 1 atom stereocenters. The molecule has 0 spiro atoms. The molecule has 2 rings (SSSR count). The molecule has 2 nitrogen and oxygen atoms in total. The Balaban J connectivity index is 2.34. The second-order valence-corrected chi connectivity index (χ2v) is 2.91. The Morgan fingerprint density at radius 3 is 3.30 bits per heavy atom. The zero-order chi connectivity index (χ0) is 6.97. The van der Waals surface area contributed by atoms with Crippen molar-refractivity contribution in [1.29, 1.82) is 0 Å². The lowest BCUT2D eigenvalue weighted by Crippen LogP contribution is -2.08. The van der Waals surface area contributed by atoms with Gasteiger partial charge in [-0.05, 0) is 36.4 Å². The third-order valence-electron chi connectivity index (χ3n) is 2.35. The molecule has 54 valence electrons. The molecule has 1 aliphatic carbocycles. The number of aryl methyl sites for hydroxylation is 1. The van der Waals surface area contributed by atoms with Crippen molar-refractivity contribution in [2.45, 2.75) is 18.8 Å². The fourth-order valence-electron chi connectivity index (χ4n) is 1.73. The highest BCUT2D eigenvalue weighted by Gasteiger charge is 2.20. The molecule has 0 bridgehead atoms. The summed E-state index contributed by atoms with van der Waals surface area (Å²) >= 11 is 0. The van der Waals surface area contributed by atoms with Gasteiger partial charge in [0.1, 0.15) is 0 Å². The van der Waals surface area contributed by atoms with E-state index in [9.17, 15) is 0 Å². The molecule has 1 heterocycles. The van der Waals surface area contributed by atoms with Gasteiger partial charge in [-0.25, -0.2) is 0 Å². The monoisotopic (exact) mass is 136 g/mol. The van der Waals surface area contributed by atoms with Gasteiger partial charge in [-0.1, -0.05) is 0 Å². The number of aromatic amines is 1. The van der Waals surface area contributed by atoms with E-state index in [0.29, 0.717) is 5.92 Å². The van der Waals surface area contributed by atoms with Crippen LogP contribution in [-0.4, -0.2) is 11.5 Å². The Morgan fingerprint density at radius 2 is 2.50 bits per heavy atom. The van der Waals surface area contributed by atoms with Crippen LogP contribution < -0.4 is 5.73 Å². The Hall–Kier alpha value is -0.760. The quantitative estimate of drug-likeness (QED) is 0.594. The van der Waals surface area contributed by atoms with Gasteiger partial charge in [0.15, 0.2) is 0 Å². The maximum Gasteiger partial charge on any atom is 0.00435 e. The molecule has 2 heteroatoms. The van der Waals surface area contributed by atoms with Gasteiger partial charge in [0.25, 0.3) is 0 Å². The first kappa shape index (κ1) is 5.98. The topological polar surface area (TPSA) is 41.8 Å². The molecule has 0 saturated heterocycles. The molecule has 10 heavy (non-hydrogen) atoms. The smallest absolute Gasteiger partial charge is 0.00435 e. The van der Waals surface area contributed by atoms with Crippen LogP contribution in [0.15, 0.2) is 12.4 Å². The van der Waals surface area contributed by atoms with Gasteiger partial charge in [0.05, 0.1) is 0 Å². The fourth-order valence-corrected chi connectivity index (χ4v) is 1.73. The predicted molar refractivity (Wildman–Crippen MR) is 40.9 cm³/mol. The highest BCUT2D eigenvalue weighted by molar-refractivity contribution is 5.32. The molecule has 1 aromatic heterocycles. The number of nitrogens with one attached hydrogen (secondary N) is 1. The summed E-state index contributed by atoms with van der Waals surface area (Å²) in [5, 5.41) is 0. The van der Waals surface area contributed by atoms with Crippen molar-refractivity contribution < 1.29 is 0 Å². The number of hydrogen-bond donors (Lipinski definition) is 2. The number of hydrogen-bond acceptors (Lipinski definition) is 1. The van der Waals surface area contributed by atoms with Crippen molar-refractivity contribution in [3.8, 4) is 0 Å². The summed E-state index contributed by atoms with van der Waals surface area (Å²) < 4.78 is 0. The average Bonchev–Trinajstić information content (AvgIpc) is 2.44. The molecule has 0 radical (unpaired) electrons. The SMILES string of the molecule is NCC1CCc2c[nH]cc21. The first-order valence-electron chi connectivity index (χ1n) is 3.77. The molecule has 1 aromatic rings. The zero-order valence-corrected chi connectivity index (χ0v) is 5.93. The minimum atomic E-state index is 0.626. The van der Waals surface area contributed by atoms with Crippen molar-refractivity contribution in [3.05, 3.63) is 23.5 Å². The van der Waals surface area contributed by atoms with Crippen molar-refractivity contribution in [1.82, 2.24) is 4.98 Å². The van der Waals surface area contributed by atoms with Gasteiger partial charge in [-0.15, -0.1) is 0 Å². The van der Waals surface area contributed by atoms with Gasteiger partial charge >= 0.3 is 0 Å². The molecular weight excluding hydrogens is 124 g/mol. The number of aromatic nitrogens is 1. The van der Waals surface area contributed by atoms with Gasteiger partial charge in [-0.3, -0.25) is 0 Å². The van der Waals surface area contributed by atoms with E-state index < -0.39 is 0 Å². The van der Waals surface area contributed by atoms with Crippen LogP contribution in [0.5, 0.6) is 0 Å². The first-order valence-corrected chi connectivity index (χ1v) is 3.77. The first-order chi connectivity index (χ1) is 4.92. The van der Waals surface area contributed by atoms with Crippen molar-refractivity contribution in [2.75, 3.05) is 6.54 Å². The molecule has 0 amide bonds. The Labute approximate surface area is 60.4 Å². The van der Waals surface area contributed by atoms with Gasteiger partial charge in [-0.2, -0.15) is 0 Å². The fraction of sp³-hybridized carbons (Fsp3) is 0.500. The van der Waals surface area contributed by atoms with Gasteiger partial charge in [0.2, 0.25) is 0 Å². The van der Waals surface area contributed by atoms with E-state index in [4.69, 9.17) is 5.73 Å². The van der Waals surface area contributed by atoms with Crippen molar-refractivity contribution in [3.63, 3.8) is 0 Å². The lowest BCUT2D eigenvalue weighted by atomic mass is 10.1. The van der Waals surface area contributed by atoms with Crippen LogP contribution >= 0.6 is 0 Å². The molecule has 0 aromatic carbocycles. The van der Waals surface area contributed by atoms with E-state index in [1.165, 1.54) is 24.0 Å². The van der Waals surface area contributed by atoms with Crippen LogP contribution in [0.4, 0.5) is 0 Å². The maximum absolute atomic E-state index is 5.59. The number of fused-ring (bicyclic) bond motifs is 1. The highest BCUT2D eigenvalue weighted by Crippen LogP contribution is 2.31. The summed E-state index contributed by atoms with van der Waals surface area (Å²) in [5.74, 6) is 0.626. The summed E-state index contributed by atoms with van der Waals surface area (Å²) in [6, 6.07) is 0. The average molecular weight is 136 g/mol. The van der Waals surface area contributed by atoms with Gasteiger partial charge < -0.3 is 10.7 Å². The van der Waals surface area contributed by atoms with Gasteiger partial charge in [0, 0.05) is 12.4 Å². The van der Waals surface area contributed by atoms with E-state index in [1.54, 1.807) is 0 Å². The second kappa shape index (κ2) is 2.13. The normalized spacial score (nSPS) is 23.1. The van der Waals surface area contributed by atoms with E-state index in [2.05, 4.69) is 17.4 Å². The van der Waals surface area contributed by atoms with Crippen molar-refractivity contribution in [2.24, 2.45) is 5.73 Å². The summed E-state index contributed by atoms with van der Waals surface area (Å²) in [6.45, 7) is 0.796. The molecule has 0 fully saturated rings. The van der Waals surface area contributed by atoms with Crippen LogP contribution in [0.3, 0.4) is 0 Å². The largest absolute Gasteiger partial charge is 0.367 e. The minimum absolute atomic E-state index is 0.626. The summed E-state index contributed by atoms with van der Waals surface area (Å²) in [6.07, 6.45) is 6.63. The summed E-state index contributed by atoms with van der Waals surface area (Å²) in [7, 11) is 0. The third kappa shape index (κ3) is 0.688. The summed E-state index contributed by atoms with van der Waals surface area (Å²) in [5.41, 5.74) is 8.51. The number of H-pyrrole nitrogens is 1. The van der Waals surface area contributed by atoms with Crippen LogP contribution in [0.25, 0.3) is 0 Å². The van der Waals surface area contributed by atoms with Crippen LogP contribution in [0.2, 0.25) is 0 Å². The predicted octanol–water partition coefficient (Wildman–Crippen LogP) is 1.00. The van der Waals surface area contributed by atoms with Crippen molar-refractivity contribution >= 4 is 0 Å². The number of nitrogens with two attached hydrogens (primary N) is 1. The standard InChI is InChI=1S/C8H12N2/c9-3-6-1-2-7-4-10-5-8(6)7/h4-6,10H,1-3,9H2.